The molecule has 1 heterocycles. The molecule has 9 heteroatoms. The number of hydrogen-bond acceptors (Lipinski definition) is 5. The van der Waals surface area contributed by atoms with E-state index >= 15 is 0 Å². The van der Waals surface area contributed by atoms with E-state index in [9.17, 15) is 9.59 Å². The van der Waals surface area contributed by atoms with Crippen LogP contribution in [0.15, 0.2) is 48.8 Å². The molecule has 0 atom stereocenters. The molecule has 136 valence electrons. The van der Waals surface area contributed by atoms with Crippen molar-refractivity contribution in [2.75, 3.05) is 5.32 Å². The topological polar surface area (TPSA) is 102 Å². The first-order chi connectivity index (χ1) is 13.1. The fraction of sp³-hybridized carbons (Fsp3) is 0.167. The van der Waals surface area contributed by atoms with Crippen LogP contribution in [0, 0.1) is 0 Å². The van der Waals surface area contributed by atoms with E-state index in [0.717, 1.165) is 12.8 Å². The molecule has 1 aliphatic rings. The number of nitrogens with one attached hydrogen (secondary N) is 2. The first-order valence-electron chi connectivity index (χ1n) is 8.35. The maximum Gasteiger partial charge on any atom is 0.257 e. The number of carbonyl (C=O) groups excluding carboxylic acids is 2. The second-order valence-electron chi connectivity index (χ2n) is 6.20. The van der Waals surface area contributed by atoms with Crippen LogP contribution >= 0.6 is 11.6 Å². The summed E-state index contributed by atoms with van der Waals surface area (Å²) in [7, 11) is 0. The van der Waals surface area contributed by atoms with Crippen LogP contribution in [-0.4, -0.2) is 38.1 Å². The quantitative estimate of drug-likeness (QED) is 0.705. The summed E-state index contributed by atoms with van der Waals surface area (Å²) in [5.74, 6) is -0.534. The average Bonchev–Trinajstić information content (AvgIpc) is 3.31. The minimum Gasteiger partial charge on any atom is -0.349 e. The van der Waals surface area contributed by atoms with Gasteiger partial charge in [-0.05, 0) is 59.7 Å². The van der Waals surface area contributed by atoms with Crippen molar-refractivity contribution in [1.29, 1.82) is 0 Å². The molecule has 2 N–H and O–H groups in total. The van der Waals surface area contributed by atoms with Crippen molar-refractivity contribution in [3.63, 3.8) is 0 Å². The van der Waals surface area contributed by atoms with E-state index in [-0.39, 0.29) is 17.9 Å². The lowest BCUT2D eigenvalue weighted by Crippen LogP contribution is -2.25. The van der Waals surface area contributed by atoms with Crippen molar-refractivity contribution in [2.45, 2.75) is 18.9 Å². The van der Waals surface area contributed by atoms with E-state index in [2.05, 4.69) is 26.2 Å². The monoisotopic (exact) mass is 382 g/mol. The van der Waals surface area contributed by atoms with Gasteiger partial charge in [-0.2, -0.15) is 4.68 Å². The van der Waals surface area contributed by atoms with E-state index in [4.69, 9.17) is 11.6 Å². The van der Waals surface area contributed by atoms with Gasteiger partial charge in [-0.15, -0.1) is 5.10 Å². The molecule has 1 aromatic heterocycles. The van der Waals surface area contributed by atoms with Gasteiger partial charge >= 0.3 is 0 Å². The zero-order valence-electron chi connectivity index (χ0n) is 14.1. The van der Waals surface area contributed by atoms with Crippen LogP contribution in [0.5, 0.6) is 0 Å². The highest BCUT2D eigenvalue weighted by Gasteiger charge is 2.24. The van der Waals surface area contributed by atoms with Gasteiger partial charge < -0.3 is 10.6 Å². The molecule has 1 fully saturated rings. The highest BCUT2D eigenvalue weighted by atomic mass is 35.5. The Balaban J connectivity index is 1.58. The highest BCUT2D eigenvalue weighted by molar-refractivity contribution is 6.31. The third-order valence-corrected chi connectivity index (χ3v) is 4.33. The Morgan fingerprint density at radius 1 is 1.11 bits per heavy atom. The van der Waals surface area contributed by atoms with E-state index < -0.39 is 0 Å². The lowest BCUT2D eigenvalue weighted by Gasteiger charge is -2.11. The van der Waals surface area contributed by atoms with Gasteiger partial charge in [0.1, 0.15) is 6.33 Å². The smallest absolute Gasteiger partial charge is 0.257 e. The zero-order valence-corrected chi connectivity index (χ0v) is 14.8. The molecule has 2 amide bonds. The number of benzene rings is 2. The summed E-state index contributed by atoms with van der Waals surface area (Å²) < 4.78 is 1.38. The second-order valence-corrected chi connectivity index (χ2v) is 6.63. The molecule has 0 radical (unpaired) electrons. The Morgan fingerprint density at radius 3 is 2.70 bits per heavy atom. The van der Waals surface area contributed by atoms with Crippen molar-refractivity contribution >= 4 is 29.1 Å². The van der Waals surface area contributed by atoms with Crippen molar-refractivity contribution in [3.05, 3.63) is 64.9 Å². The Kier molecular flexibility index (Phi) is 4.55. The second kappa shape index (κ2) is 7.16. The molecule has 2 aromatic carbocycles. The van der Waals surface area contributed by atoms with Gasteiger partial charge in [0, 0.05) is 22.3 Å². The number of nitrogens with zero attached hydrogens (tertiary/aromatic N) is 4. The number of carbonyl (C=O) groups is 2. The molecule has 0 aliphatic heterocycles. The van der Waals surface area contributed by atoms with E-state index in [1.165, 1.54) is 17.1 Å². The molecule has 0 bridgehead atoms. The minimum atomic E-state index is -0.386. The molecule has 0 saturated heterocycles. The summed E-state index contributed by atoms with van der Waals surface area (Å²) >= 11 is 6.05. The molecular formula is C18H15ClN6O2. The fourth-order valence-corrected chi connectivity index (χ4v) is 2.77. The predicted molar refractivity (Wildman–Crippen MR) is 99.0 cm³/mol. The van der Waals surface area contributed by atoms with E-state index in [1.807, 2.05) is 0 Å². The first kappa shape index (κ1) is 17.2. The van der Waals surface area contributed by atoms with Gasteiger partial charge in [-0.1, -0.05) is 17.7 Å². The molecular weight excluding hydrogens is 368 g/mol. The first-order valence-corrected chi connectivity index (χ1v) is 8.73. The minimum absolute atomic E-state index is 0.147. The lowest BCUT2D eigenvalue weighted by molar-refractivity contribution is 0.0949. The number of hydrogen-bond donors (Lipinski definition) is 2. The Morgan fingerprint density at radius 2 is 1.96 bits per heavy atom. The van der Waals surface area contributed by atoms with E-state index in [1.54, 1.807) is 36.4 Å². The predicted octanol–water partition coefficient (Wildman–Crippen LogP) is 2.46. The third kappa shape index (κ3) is 3.95. The number of rotatable bonds is 5. The van der Waals surface area contributed by atoms with Gasteiger partial charge in [-0.3, -0.25) is 9.59 Å². The molecule has 0 spiro atoms. The average molecular weight is 383 g/mol. The SMILES string of the molecule is O=C(NC1CC1)c1cccc(NC(=O)c2cc(Cl)ccc2-n2cnnn2)c1. The molecule has 1 saturated carbocycles. The van der Waals surface area contributed by atoms with Gasteiger partial charge in [0.2, 0.25) is 0 Å². The summed E-state index contributed by atoms with van der Waals surface area (Å²) in [5.41, 5.74) is 1.80. The third-order valence-electron chi connectivity index (χ3n) is 4.09. The Labute approximate surface area is 159 Å². The molecule has 0 unspecified atom stereocenters. The largest absolute Gasteiger partial charge is 0.349 e. The number of amides is 2. The number of anilines is 1. The van der Waals surface area contributed by atoms with Gasteiger partial charge in [0.25, 0.3) is 11.8 Å². The van der Waals surface area contributed by atoms with Gasteiger partial charge in [-0.25, -0.2) is 0 Å². The van der Waals surface area contributed by atoms with Crippen LogP contribution in [0.1, 0.15) is 33.6 Å². The number of halogens is 1. The Hall–Kier alpha value is -3.26. The van der Waals surface area contributed by atoms with Crippen LogP contribution in [0.25, 0.3) is 5.69 Å². The number of tetrazole rings is 1. The summed E-state index contributed by atoms with van der Waals surface area (Å²) in [5, 5.41) is 17.1. The lowest BCUT2D eigenvalue weighted by atomic mass is 10.1. The summed E-state index contributed by atoms with van der Waals surface area (Å²) in [4.78, 5) is 25.0. The van der Waals surface area contributed by atoms with E-state index in [0.29, 0.717) is 27.5 Å². The van der Waals surface area contributed by atoms with Crippen molar-refractivity contribution in [1.82, 2.24) is 25.5 Å². The maximum atomic E-state index is 12.8. The summed E-state index contributed by atoms with van der Waals surface area (Å²) in [6.45, 7) is 0. The molecule has 1 aliphatic carbocycles. The van der Waals surface area contributed by atoms with Crippen LogP contribution in [0.2, 0.25) is 5.02 Å². The highest BCUT2D eigenvalue weighted by Crippen LogP contribution is 2.22. The summed E-state index contributed by atoms with van der Waals surface area (Å²) in [6.07, 6.45) is 3.41. The van der Waals surface area contributed by atoms with Crippen LogP contribution in [0.3, 0.4) is 0 Å². The summed E-state index contributed by atoms with van der Waals surface area (Å²) in [6, 6.07) is 11.9. The van der Waals surface area contributed by atoms with Crippen LogP contribution in [-0.2, 0) is 0 Å². The standard InChI is InChI=1S/C18H15ClN6O2/c19-12-4-7-16(25-10-20-23-24-25)15(9-12)18(27)22-14-3-1-2-11(8-14)17(26)21-13-5-6-13/h1-4,7-10,13H,5-6H2,(H,21,26)(H,22,27). The van der Waals surface area contributed by atoms with Gasteiger partial charge in [0.15, 0.2) is 0 Å². The fourth-order valence-electron chi connectivity index (χ4n) is 2.59. The Bertz CT molecular complexity index is 1000. The molecule has 8 nitrogen and oxygen atoms in total. The molecule has 4 rings (SSSR count). The molecule has 27 heavy (non-hydrogen) atoms. The maximum absolute atomic E-state index is 12.8. The molecule has 3 aromatic rings. The van der Waals surface area contributed by atoms with Crippen LogP contribution in [0.4, 0.5) is 5.69 Å². The van der Waals surface area contributed by atoms with Gasteiger partial charge in [0.05, 0.1) is 11.3 Å². The number of aromatic nitrogens is 4. The van der Waals surface area contributed by atoms with Crippen molar-refractivity contribution in [2.24, 2.45) is 0 Å². The van der Waals surface area contributed by atoms with Crippen molar-refractivity contribution in [3.8, 4) is 5.69 Å². The normalized spacial score (nSPS) is 13.2. The van der Waals surface area contributed by atoms with Crippen LogP contribution < -0.4 is 10.6 Å². The zero-order chi connectivity index (χ0) is 18.8. The van der Waals surface area contributed by atoms with Crippen molar-refractivity contribution < 1.29 is 9.59 Å².